The van der Waals surface area contributed by atoms with Gasteiger partial charge in [-0.15, -0.1) is 0 Å². The van der Waals surface area contributed by atoms with Gasteiger partial charge in [0.05, 0.1) is 17.5 Å². The molecule has 1 aliphatic heterocycles. The SMILES string of the molecule is Cc1ccc(NC(=O)c2ccc(N3C(=O)[C@H]4[C@@H]5CC[C@@H](C5)[C@@H]4C3=O)cc2)cc1C. The highest BCUT2D eigenvalue weighted by Crippen LogP contribution is 2.56. The van der Waals surface area contributed by atoms with Crippen LogP contribution in [0.5, 0.6) is 0 Å². The van der Waals surface area contributed by atoms with E-state index in [0.717, 1.165) is 30.5 Å². The minimum atomic E-state index is -0.214. The molecule has 0 spiro atoms. The minimum absolute atomic E-state index is 0.0560. The number of hydrogen-bond acceptors (Lipinski definition) is 3. The van der Waals surface area contributed by atoms with Crippen molar-refractivity contribution in [1.82, 2.24) is 0 Å². The van der Waals surface area contributed by atoms with Crippen LogP contribution in [-0.4, -0.2) is 17.7 Å². The summed E-state index contributed by atoms with van der Waals surface area (Å²) in [7, 11) is 0. The van der Waals surface area contributed by atoms with Gasteiger partial charge in [0.1, 0.15) is 0 Å². The fraction of sp³-hybridized carbons (Fsp3) is 0.375. The summed E-state index contributed by atoms with van der Waals surface area (Å²) in [6.45, 7) is 4.03. The number of imide groups is 1. The van der Waals surface area contributed by atoms with Crippen LogP contribution in [0, 0.1) is 37.5 Å². The summed E-state index contributed by atoms with van der Waals surface area (Å²) in [6, 6.07) is 12.5. The first-order valence-electron chi connectivity index (χ1n) is 10.3. The van der Waals surface area contributed by atoms with E-state index in [9.17, 15) is 14.4 Å². The molecule has 2 saturated carbocycles. The molecule has 148 valence electrons. The van der Waals surface area contributed by atoms with Crippen LogP contribution in [0.1, 0.15) is 40.7 Å². The molecule has 0 radical (unpaired) electrons. The second-order valence-corrected chi connectivity index (χ2v) is 8.70. The summed E-state index contributed by atoms with van der Waals surface area (Å²) >= 11 is 0. The predicted octanol–water partition coefficient (Wildman–Crippen LogP) is 4.09. The van der Waals surface area contributed by atoms with Crippen molar-refractivity contribution in [3.8, 4) is 0 Å². The quantitative estimate of drug-likeness (QED) is 0.806. The lowest BCUT2D eigenvalue weighted by Gasteiger charge is -2.19. The molecule has 1 N–H and O–H groups in total. The maximum atomic E-state index is 12.9. The summed E-state index contributed by atoms with van der Waals surface area (Å²) in [4.78, 5) is 39.8. The lowest BCUT2D eigenvalue weighted by molar-refractivity contribution is -0.123. The third kappa shape index (κ3) is 2.79. The Morgan fingerprint density at radius 1 is 0.897 bits per heavy atom. The number of fused-ring (bicyclic) bond motifs is 5. The van der Waals surface area contributed by atoms with Crippen molar-refractivity contribution in [2.24, 2.45) is 23.7 Å². The summed E-state index contributed by atoms with van der Waals surface area (Å²) in [6.07, 6.45) is 3.16. The van der Waals surface area contributed by atoms with Crippen molar-refractivity contribution < 1.29 is 14.4 Å². The molecule has 1 saturated heterocycles. The van der Waals surface area contributed by atoms with Crippen LogP contribution >= 0.6 is 0 Å². The molecule has 3 aliphatic rings. The van der Waals surface area contributed by atoms with Crippen LogP contribution in [0.25, 0.3) is 0 Å². The van der Waals surface area contributed by atoms with Gasteiger partial charge in [-0.25, -0.2) is 0 Å². The first kappa shape index (κ1) is 18.1. The third-order valence-electron chi connectivity index (χ3n) is 7.08. The average Bonchev–Trinajstić information content (AvgIpc) is 3.39. The largest absolute Gasteiger partial charge is 0.322 e. The van der Waals surface area contributed by atoms with E-state index in [-0.39, 0.29) is 29.6 Å². The normalized spacial score (nSPS) is 27.4. The van der Waals surface area contributed by atoms with E-state index in [1.165, 1.54) is 10.5 Å². The number of anilines is 2. The van der Waals surface area contributed by atoms with Crippen molar-refractivity contribution >= 4 is 29.1 Å². The summed E-state index contributed by atoms with van der Waals surface area (Å²) in [5, 5.41) is 2.90. The maximum absolute atomic E-state index is 12.9. The number of carbonyl (C=O) groups excluding carboxylic acids is 3. The number of carbonyl (C=O) groups is 3. The summed E-state index contributed by atoms with van der Waals surface area (Å²) in [5.74, 6) is 0.153. The van der Waals surface area contributed by atoms with E-state index in [1.54, 1.807) is 24.3 Å². The van der Waals surface area contributed by atoms with Crippen LogP contribution in [0.2, 0.25) is 0 Å². The molecular formula is C24H24N2O3. The molecule has 0 aromatic heterocycles. The first-order valence-corrected chi connectivity index (χ1v) is 10.3. The smallest absolute Gasteiger partial charge is 0.255 e. The van der Waals surface area contributed by atoms with Crippen LogP contribution in [0.3, 0.4) is 0 Å². The highest BCUT2D eigenvalue weighted by molar-refractivity contribution is 6.22. The molecule has 2 aromatic rings. The topological polar surface area (TPSA) is 66.5 Å². The van der Waals surface area contributed by atoms with Gasteiger partial charge >= 0.3 is 0 Å². The van der Waals surface area contributed by atoms with Gasteiger partial charge in [0.2, 0.25) is 11.8 Å². The van der Waals surface area contributed by atoms with Crippen molar-refractivity contribution in [2.75, 3.05) is 10.2 Å². The van der Waals surface area contributed by atoms with Gasteiger partial charge in [0.15, 0.2) is 0 Å². The van der Waals surface area contributed by atoms with Crippen LogP contribution < -0.4 is 10.2 Å². The van der Waals surface area contributed by atoms with E-state index in [0.29, 0.717) is 23.1 Å². The number of amides is 3. The van der Waals surface area contributed by atoms with Crippen molar-refractivity contribution in [1.29, 1.82) is 0 Å². The molecule has 0 unspecified atom stereocenters. The number of nitrogens with zero attached hydrogens (tertiary/aromatic N) is 1. The van der Waals surface area contributed by atoms with Gasteiger partial charge in [0, 0.05) is 11.3 Å². The van der Waals surface area contributed by atoms with Gasteiger partial charge in [-0.1, -0.05) is 6.07 Å². The molecule has 5 rings (SSSR count). The summed E-state index contributed by atoms with van der Waals surface area (Å²) < 4.78 is 0. The fourth-order valence-electron chi connectivity index (χ4n) is 5.45. The van der Waals surface area contributed by atoms with Gasteiger partial charge in [-0.3, -0.25) is 19.3 Å². The standard InChI is InChI=1S/C24H24N2O3/c1-13-3-8-18(11-14(13)2)25-22(27)15-6-9-19(10-7-15)26-23(28)20-16-4-5-17(12-16)21(20)24(26)29/h3,6-11,16-17,20-21H,4-5,12H2,1-2H3,(H,25,27)/t16-,17+,20-,21-/m0/s1. The zero-order valence-electron chi connectivity index (χ0n) is 16.6. The number of nitrogens with one attached hydrogen (secondary N) is 1. The van der Waals surface area contributed by atoms with Gasteiger partial charge in [-0.05, 0) is 92.5 Å². The van der Waals surface area contributed by atoms with Crippen LogP contribution in [0.4, 0.5) is 11.4 Å². The number of hydrogen-bond donors (Lipinski definition) is 1. The zero-order chi connectivity index (χ0) is 20.3. The molecule has 29 heavy (non-hydrogen) atoms. The second kappa shape index (κ2) is 6.55. The van der Waals surface area contributed by atoms with Crippen LogP contribution in [-0.2, 0) is 9.59 Å². The number of benzene rings is 2. The van der Waals surface area contributed by atoms with Gasteiger partial charge in [-0.2, -0.15) is 0 Å². The number of aryl methyl sites for hydroxylation is 2. The maximum Gasteiger partial charge on any atom is 0.255 e. The lowest BCUT2D eigenvalue weighted by Crippen LogP contribution is -2.32. The minimum Gasteiger partial charge on any atom is -0.322 e. The second-order valence-electron chi connectivity index (χ2n) is 8.70. The molecule has 2 aromatic carbocycles. The van der Waals surface area contributed by atoms with Gasteiger partial charge in [0.25, 0.3) is 5.91 Å². The van der Waals surface area contributed by atoms with E-state index in [1.807, 2.05) is 32.0 Å². The molecule has 5 heteroatoms. The van der Waals surface area contributed by atoms with E-state index < -0.39 is 0 Å². The molecule has 4 atom stereocenters. The average molecular weight is 388 g/mol. The first-order chi connectivity index (χ1) is 13.9. The Morgan fingerprint density at radius 2 is 1.52 bits per heavy atom. The fourth-order valence-corrected chi connectivity index (χ4v) is 5.45. The Labute approximate surface area is 170 Å². The van der Waals surface area contributed by atoms with Crippen LogP contribution in [0.15, 0.2) is 42.5 Å². The number of rotatable bonds is 3. The predicted molar refractivity (Wildman–Crippen MR) is 111 cm³/mol. The molecule has 1 heterocycles. The Bertz CT molecular complexity index is 999. The van der Waals surface area contributed by atoms with E-state index >= 15 is 0 Å². The zero-order valence-corrected chi connectivity index (χ0v) is 16.6. The molecular weight excluding hydrogens is 364 g/mol. The Hall–Kier alpha value is -2.95. The molecule has 2 aliphatic carbocycles. The molecule has 5 nitrogen and oxygen atoms in total. The Balaban J connectivity index is 1.34. The third-order valence-corrected chi connectivity index (χ3v) is 7.08. The van der Waals surface area contributed by atoms with Crippen molar-refractivity contribution in [3.05, 3.63) is 59.2 Å². The van der Waals surface area contributed by atoms with E-state index in [4.69, 9.17) is 0 Å². The Morgan fingerprint density at radius 3 is 2.10 bits per heavy atom. The summed E-state index contributed by atoms with van der Waals surface area (Å²) in [5.41, 5.74) is 4.09. The van der Waals surface area contributed by atoms with E-state index in [2.05, 4.69) is 5.32 Å². The lowest BCUT2D eigenvalue weighted by atomic mass is 9.81. The molecule has 3 fully saturated rings. The molecule has 3 amide bonds. The monoisotopic (exact) mass is 388 g/mol. The van der Waals surface area contributed by atoms with Crippen molar-refractivity contribution in [2.45, 2.75) is 33.1 Å². The molecule has 2 bridgehead atoms. The highest BCUT2D eigenvalue weighted by atomic mass is 16.2. The van der Waals surface area contributed by atoms with Crippen molar-refractivity contribution in [3.63, 3.8) is 0 Å². The highest BCUT2D eigenvalue weighted by Gasteiger charge is 2.61. The Kier molecular flexibility index (Phi) is 4.09. The van der Waals surface area contributed by atoms with Gasteiger partial charge < -0.3 is 5.32 Å².